The third kappa shape index (κ3) is 2.03. The third-order valence-corrected chi connectivity index (χ3v) is 2.93. The van der Waals surface area contributed by atoms with Gasteiger partial charge in [0.2, 0.25) is 0 Å². The first-order valence-corrected chi connectivity index (χ1v) is 5.58. The lowest BCUT2D eigenvalue weighted by atomic mass is 10.3. The fourth-order valence-corrected chi connectivity index (χ4v) is 1.69. The van der Waals surface area contributed by atoms with E-state index in [9.17, 15) is 0 Å². The highest BCUT2D eigenvalue weighted by atomic mass is 127. The summed E-state index contributed by atoms with van der Waals surface area (Å²) in [7, 11) is 0. The summed E-state index contributed by atoms with van der Waals surface area (Å²) in [5.41, 5.74) is 2.45. The zero-order valence-corrected chi connectivity index (χ0v) is 10.3. The molecule has 0 radical (unpaired) electrons. The van der Waals surface area contributed by atoms with Crippen molar-refractivity contribution in [1.29, 1.82) is 0 Å². The van der Waals surface area contributed by atoms with Crippen LogP contribution in [0.15, 0.2) is 24.3 Å². The Morgan fingerprint density at radius 3 is 2.53 bits per heavy atom. The van der Waals surface area contributed by atoms with E-state index in [0.29, 0.717) is 5.69 Å². The van der Waals surface area contributed by atoms with Crippen LogP contribution in [-0.2, 0) is 6.61 Å². The molecule has 1 heterocycles. The van der Waals surface area contributed by atoms with Crippen molar-refractivity contribution in [2.75, 3.05) is 0 Å². The van der Waals surface area contributed by atoms with Crippen LogP contribution in [0.2, 0.25) is 0 Å². The standard InChI is InChI=1S/C10H10IN3O/c1-7-10(6-15)12-13-14(7)9-4-2-8(11)3-5-9/h2-5,15H,6H2,1H3. The van der Waals surface area contributed by atoms with Gasteiger partial charge in [0.25, 0.3) is 0 Å². The number of hydrogen-bond donors (Lipinski definition) is 1. The molecule has 4 nitrogen and oxygen atoms in total. The summed E-state index contributed by atoms with van der Waals surface area (Å²) in [5.74, 6) is 0. The van der Waals surface area contributed by atoms with Crippen LogP contribution in [0, 0.1) is 10.5 Å². The summed E-state index contributed by atoms with van der Waals surface area (Å²) in [6.45, 7) is 1.82. The maximum atomic E-state index is 9.01. The molecule has 0 aliphatic carbocycles. The first-order valence-electron chi connectivity index (χ1n) is 4.50. The van der Waals surface area contributed by atoms with Gasteiger partial charge in [0.05, 0.1) is 18.0 Å². The van der Waals surface area contributed by atoms with Gasteiger partial charge in [-0.1, -0.05) is 5.21 Å². The molecule has 0 aliphatic heterocycles. The molecule has 0 saturated heterocycles. The monoisotopic (exact) mass is 315 g/mol. The summed E-state index contributed by atoms with van der Waals surface area (Å²) in [6.07, 6.45) is 0. The van der Waals surface area contributed by atoms with Gasteiger partial charge in [0, 0.05) is 3.57 Å². The second-order valence-corrected chi connectivity index (χ2v) is 4.41. The molecule has 1 aromatic heterocycles. The Kier molecular flexibility index (Phi) is 3.01. The summed E-state index contributed by atoms with van der Waals surface area (Å²) in [5, 5.41) is 16.9. The van der Waals surface area contributed by atoms with Crippen LogP contribution in [0.4, 0.5) is 0 Å². The van der Waals surface area contributed by atoms with Gasteiger partial charge in [-0.25, -0.2) is 4.68 Å². The zero-order valence-electron chi connectivity index (χ0n) is 8.18. The van der Waals surface area contributed by atoms with Crippen LogP contribution in [0.1, 0.15) is 11.4 Å². The molecule has 1 aromatic carbocycles. The smallest absolute Gasteiger partial charge is 0.111 e. The topological polar surface area (TPSA) is 50.9 Å². The molecule has 5 heteroatoms. The molecule has 0 saturated carbocycles. The number of aromatic nitrogens is 3. The lowest BCUT2D eigenvalue weighted by Crippen LogP contribution is -1.99. The normalized spacial score (nSPS) is 10.6. The van der Waals surface area contributed by atoms with E-state index in [4.69, 9.17) is 5.11 Å². The lowest BCUT2D eigenvalue weighted by Gasteiger charge is -2.02. The first-order chi connectivity index (χ1) is 7.22. The SMILES string of the molecule is Cc1c(CO)nnn1-c1ccc(I)cc1. The first kappa shape index (κ1) is 10.6. The summed E-state index contributed by atoms with van der Waals surface area (Å²) >= 11 is 2.25. The predicted molar refractivity (Wildman–Crippen MR) is 64.7 cm³/mol. The zero-order chi connectivity index (χ0) is 10.8. The lowest BCUT2D eigenvalue weighted by molar-refractivity contribution is 0.276. The maximum Gasteiger partial charge on any atom is 0.111 e. The summed E-state index contributed by atoms with van der Waals surface area (Å²) < 4.78 is 2.90. The molecular weight excluding hydrogens is 305 g/mol. The Hall–Kier alpha value is -0.950. The maximum absolute atomic E-state index is 9.01. The molecule has 15 heavy (non-hydrogen) atoms. The van der Waals surface area contributed by atoms with Gasteiger partial charge in [-0.05, 0) is 53.8 Å². The van der Waals surface area contributed by atoms with Gasteiger partial charge in [-0.15, -0.1) is 5.10 Å². The quantitative estimate of drug-likeness (QED) is 0.858. The van der Waals surface area contributed by atoms with Crippen LogP contribution in [0.25, 0.3) is 5.69 Å². The van der Waals surface area contributed by atoms with Gasteiger partial charge in [-0.3, -0.25) is 0 Å². The molecule has 0 fully saturated rings. The molecule has 0 bridgehead atoms. The number of hydrogen-bond acceptors (Lipinski definition) is 3. The van der Waals surface area contributed by atoms with Gasteiger partial charge in [-0.2, -0.15) is 0 Å². The molecular formula is C10H10IN3O. The Bertz CT molecular complexity index is 464. The number of halogens is 1. The Morgan fingerprint density at radius 2 is 2.00 bits per heavy atom. The van der Waals surface area contributed by atoms with Crippen molar-refractivity contribution < 1.29 is 5.11 Å². The number of nitrogens with zero attached hydrogens (tertiary/aromatic N) is 3. The minimum Gasteiger partial charge on any atom is -0.390 e. The van der Waals surface area contributed by atoms with Crippen LogP contribution in [0.3, 0.4) is 0 Å². The number of benzene rings is 1. The van der Waals surface area contributed by atoms with Crippen molar-refractivity contribution in [3.8, 4) is 5.69 Å². The van der Waals surface area contributed by atoms with Gasteiger partial charge in [0.1, 0.15) is 5.69 Å². The largest absolute Gasteiger partial charge is 0.390 e. The van der Waals surface area contributed by atoms with E-state index < -0.39 is 0 Å². The predicted octanol–water partition coefficient (Wildman–Crippen LogP) is 1.67. The molecule has 2 aromatic rings. The highest BCUT2D eigenvalue weighted by molar-refractivity contribution is 14.1. The van der Waals surface area contributed by atoms with Crippen LogP contribution < -0.4 is 0 Å². The van der Waals surface area contributed by atoms with E-state index in [2.05, 4.69) is 32.9 Å². The second kappa shape index (κ2) is 4.28. The van der Waals surface area contributed by atoms with E-state index in [1.54, 1.807) is 4.68 Å². The number of aliphatic hydroxyl groups excluding tert-OH is 1. The molecule has 1 N–H and O–H groups in total. The van der Waals surface area contributed by atoms with E-state index >= 15 is 0 Å². The Morgan fingerprint density at radius 1 is 1.33 bits per heavy atom. The van der Waals surface area contributed by atoms with Crippen molar-refractivity contribution >= 4 is 22.6 Å². The molecule has 0 atom stereocenters. The minimum atomic E-state index is -0.0732. The molecule has 0 amide bonds. The molecule has 0 spiro atoms. The summed E-state index contributed by atoms with van der Waals surface area (Å²) in [6, 6.07) is 7.97. The molecule has 78 valence electrons. The van der Waals surface area contributed by atoms with E-state index in [1.165, 1.54) is 3.57 Å². The van der Waals surface area contributed by atoms with Crippen molar-refractivity contribution in [2.24, 2.45) is 0 Å². The fourth-order valence-electron chi connectivity index (χ4n) is 1.33. The van der Waals surface area contributed by atoms with E-state index in [0.717, 1.165) is 11.4 Å². The second-order valence-electron chi connectivity index (χ2n) is 3.17. The van der Waals surface area contributed by atoms with Crippen LogP contribution in [-0.4, -0.2) is 20.1 Å². The van der Waals surface area contributed by atoms with Crippen molar-refractivity contribution in [3.05, 3.63) is 39.2 Å². The van der Waals surface area contributed by atoms with E-state index in [-0.39, 0.29) is 6.61 Å². The van der Waals surface area contributed by atoms with Gasteiger partial charge in [0.15, 0.2) is 0 Å². The Labute approximate surface area is 101 Å². The molecule has 0 unspecified atom stereocenters. The minimum absolute atomic E-state index is 0.0732. The number of rotatable bonds is 2. The van der Waals surface area contributed by atoms with Gasteiger partial charge < -0.3 is 5.11 Å². The van der Waals surface area contributed by atoms with Crippen LogP contribution >= 0.6 is 22.6 Å². The fraction of sp³-hybridized carbons (Fsp3) is 0.200. The highest BCUT2D eigenvalue weighted by Gasteiger charge is 2.08. The molecule has 0 aliphatic rings. The third-order valence-electron chi connectivity index (χ3n) is 2.21. The number of aliphatic hydroxyl groups is 1. The van der Waals surface area contributed by atoms with Crippen molar-refractivity contribution in [2.45, 2.75) is 13.5 Å². The van der Waals surface area contributed by atoms with Crippen LogP contribution in [0.5, 0.6) is 0 Å². The van der Waals surface area contributed by atoms with Crippen molar-refractivity contribution in [3.63, 3.8) is 0 Å². The highest BCUT2D eigenvalue weighted by Crippen LogP contribution is 2.13. The summed E-state index contributed by atoms with van der Waals surface area (Å²) in [4.78, 5) is 0. The Balaban J connectivity index is 2.45. The average molecular weight is 315 g/mol. The van der Waals surface area contributed by atoms with E-state index in [1.807, 2.05) is 31.2 Å². The van der Waals surface area contributed by atoms with Gasteiger partial charge >= 0.3 is 0 Å². The average Bonchev–Trinajstić information content (AvgIpc) is 2.61. The molecule has 2 rings (SSSR count). The van der Waals surface area contributed by atoms with Crippen molar-refractivity contribution in [1.82, 2.24) is 15.0 Å².